The average molecular weight is 854 g/mol. The second-order valence-corrected chi connectivity index (χ2v) is 21.2. The van der Waals surface area contributed by atoms with Gasteiger partial charge in [-0.3, -0.25) is 0 Å². The Morgan fingerprint density at radius 3 is 1.52 bits per heavy atom. The zero-order chi connectivity index (χ0) is 44.7. The van der Waals surface area contributed by atoms with Crippen LogP contribution in [0.1, 0.15) is 73.6 Å². The number of hydrogen-bond acceptors (Lipinski definition) is 0. The molecule has 0 N–H and O–H groups in total. The van der Waals surface area contributed by atoms with E-state index in [0.29, 0.717) is 0 Å². The molecule has 1 aromatic heterocycles. The summed E-state index contributed by atoms with van der Waals surface area (Å²) in [5.41, 5.74) is 23.2. The third-order valence-corrected chi connectivity index (χ3v) is 16.5. The fourth-order valence-electron chi connectivity index (χ4n) is 13.4. The predicted octanol–water partition coefficient (Wildman–Crippen LogP) is 17.3. The van der Waals surface area contributed by atoms with Crippen molar-refractivity contribution in [3.05, 3.63) is 233 Å². The summed E-state index contributed by atoms with van der Waals surface area (Å²) >= 11 is 0. The van der Waals surface area contributed by atoms with Gasteiger partial charge in [-0.1, -0.05) is 186 Å². The largest absolute Gasteiger partial charge is 0.309 e. The van der Waals surface area contributed by atoms with E-state index >= 15 is 0 Å². The summed E-state index contributed by atoms with van der Waals surface area (Å²) in [6.07, 6.45) is 0. The number of nitrogens with zero attached hydrogens (tertiary/aromatic N) is 1. The van der Waals surface area contributed by atoms with Crippen molar-refractivity contribution in [2.75, 3.05) is 0 Å². The van der Waals surface area contributed by atoms with Gasteiger partial charge in [0.2, 0.25) is 0 Å². The van der Waals surface area contributed by atoms with E-state index in [4.69, 9.17) is 0 Å². The summed E-state index contributed by atoms with van der Waals surface area (Å²) in [5.74, 6) is 0. The van der Waals surface area contributed by atoms with Crippen LogP contribution in [0, 0.1) is 0 Å². The summed E-state index contributed by atoms with van der Waals surface area (Å²) in [4.78, 5) is 0. The molecule has 0 fully saturated rings. The Bertz CT molecular complexity index is 4050. The van der Waals surface area contributed by atoms with Gasteiger partial charge in [0.15, 0.2) is 0 Å². The highest BCUT2D eigenvalue weighted by Crippen LogP contribution is 2.64. The fourth-order valence-corrected chi connectivity index (χ4v) is 13.4. The van der Waals surface area contributed by atoms with Gasteiger partial charge in [-0.15, -0.1) is 0 Å². The van der Waals surface area contributed by atoms with Crippen LogP contribution in [0.15, 0.2) is 194 Å². The Balaban J connectivity index is 0.934. The van der Waals surface area contributed by atoms with Crippen molar-refractivity contribution >= 4 is 54.1 Å². The zero-order valence-electron chi connectivity index (χ0n) is 38.4. The highest BCUT2D eigenvalue weighted by molar-refractivity contribution is 6.27. The molecule has 0 saturated carbocycles. The summed E-state index contributed by atoms with van der Waals surface area (Å²) in [7, 11) is 0. The van der Waals surface area contributed by atoms with Gasteiger partial charge in [-0.2, -0.15) is 0 Å². The van der Waals surface area contributed by atoms with Gasteiger partial charge in [0, 0.05) is 21.9 Å². The van der Waals surface area contributed by atoms with Crippen LogP contribution < -0.4 is 0 Å². The molecule has 1 spiro atoms. The number of rotatable bonds is 2. The minimum Gasteiger partial charge on any atom is -0.309 e. The Morgan fingerprint density at radius 1 is 0.373 bits per heavy atom. The minimum atomic E-state index is -0.487. The van der Waals surface area contributed by atoms with E-state index in [0.717, 1.165) is 0 Å². The minimum absolute atomic E-state index is 0.0831. The normalized spacial score (nSPS) is 14.9. The molecular weight excluding hydrogens is 807 g/mol. The van der Waals surface area contributed by atoms with Crippen molar-refractivity contribution in [2.45, 2.75) is 50.9 Å². The van der Waals surface area contributed by atoms with E-state index in [1.807, 2.05) is 0 Å². The van der Waals surface area contributed by atoms with Gasteiger partial charge in [0.25, 0.3) is 0 Å². The number of hydrogen-bond donors (Lipinski definition) is 0. The summed E-state index contributed by atoms with van der Waals surface area (Å²) < 4.78 is 2.47. The standard InChI is InChI=1S/C66H47N/c1-64(2,3)43-32-40-22-23-42-36-58-63(52-30-26-41(33-43)61(40)62(42)52)51-29-25-38(34-55(51)65(58,4)5)39-24-28-47-48-31-27-44(67-59-20-12-8-16-49(59)50-17-9-13-21-60(50)67)37-57(48)66(56(47)35-39)53-18-10-6-14-45(53)46-15-7-11-19-54(46)66/h6-37H,1-5H3. The van der Waals surface area contributed by atoms with Gasteiger partial charge >= 0.3 is 0 Å². The molecule has 1 heteroatoms. The molecule has 67 heavy (non-hydrogen) atoms. The predicted molar refractivity (Wildman–Crippen MR) is 282 cm³/mol. The van der Waals surface area contributed by atoms with Crippen LogP contribution >= 0.6 is 0 Å². The van der Waals surface area contributed by atoms with Crippen LogP contribution in [-0.4, -0.2) is 4.57 Å². The summed E-state index contributed by atoms with van der Waals surface area (Å²) in [6, 6.07) is 74.9. The highest BCUT2D eigenvalue weighted by atomic mass is 15.0. The highest BCUT2D eigenvalue weighted by Gasteiger charge is 2.52. The lowest BCUT2D eigenvalue weighted by Crippen LogP contribution is -2.26. The van der Waals surface area contributed by atoms with E-state index in [9.17, 15) is 0 Å². The molecule has 0 aliphatic heterocycles. The quantitative estimate of drug-likeness (QED) is 0.153. The number of para-hydroxylation sites is 2. The van der Waals surface area contributed by atoms with Gasteiger partial charge in [0.1, 0.15) is 0 Å². The lowest BCUT2D eigenvalue weighted by molar-refractivity contribution is 0.591. The molecule has 0 atom stereocenters. The molecule has 15 rings (SSSR count). The van der Waals surface area contributed by atoms with Crippen molar-refractivity contribution in [1.29, 1.82) is 0 Å². The second kappa shape index (κ2) is 12.6. The van der Waals surface area contributed by atoms with E-state index < -0.39 is 5.41 Å². The zero-order valence-corrected chi connectivity index (χ0v) is 38.4. The third kappa shape index (κ3) is 4.64. The van der Waals surface area contributed by atoms with Crippen molar-refractivity contribution < 1.29 is 0 Å². The maximum atomic E-state index is 2.55. The smallest absolute Gasteiger partial charge is 0.0726 e. The molecule has 316 valence electrons. The summed E-state index contributed by atoms with van der Waals surface area (Å²) in [6.45, 7) is 11.8. The van der Waals surface area contributed by atoms with E-state index in [2.05, 4.69) is 233 Å². The van der Waals surface area contributed by atoms with Gasteiger partial charge in [0.05, 0.1) is 16.4 Å². The molecule has 0 radical (unpaired) electrons. The maximum Gasteiger partial charge on any atom is 0.0726 e. The van der Waals surface area contributed by atoms with E-state index in [-0.39, 0.29) is 10.8 Å². The topological polar surface area (TPSA) is 4.93 Å². The molecule has 0 amide bonds. The molecule has 12 aromatic rings. The number of aromatic nitrogens is 1. The van der Waals surface area contributed by atoms with Crippen LogP contribution in [0.5, 0.6) is 0 Å². The third-order valence-electron chi connectivity index (χ3n) is 16.5. The lowest BCUT2D eigenvalue weighted by atomic mass is 9.70. The van der Waals surface area contributed by atoms with Gasteiger partial charge in [-0.05, 0) is 164 Å². The second-order valence-electron chi connectivity index (χ2n) is 21.2. The maximum absolute atomic E-state index is 2.55. The van der Waals surface area contributed by atoms with Crippen molar-refractivity contribution in [3.63, 3.8) is 0 Å². The molecule has 3 aliphatic rings. The molecule has 11 aromatic carbocycles. The monoisotopic (exact) mass is 853 g/mol. The molecule has 1 nitrogen and oxygen atoms in total. The van der Waals surface area contributed by atoms with Crippen molar-refractivity contribution in [3.8, 4) is 50.2 Å². The molecule has 0 unspecified atom stereocenters. The van der Waals surface area contributed by atoms with Gasteiger partial charge < -0.3 is 4.57 Å². The Labute approximate surface area is 390 Å². The van der Waals surface area contributed by atoms with Crippen LogP contribution in [0.4, 0.5) is 0 Å². The number of fused-ring (bicyclic) bond motifs is 17. The molecule has 1 heterocycles. The van der Waals surface area contributed by atoms with Crippen molar-refractivity contribution in [1.82, 2.24) is 4.57 Å². The number of benzene rings is 11. The van der Waals surface area contributed by atoms with Crippen LogP contribution in [-0.2, 0) is 16.2 Å². The SMILES string of the molecule is CC(C)(C)c1cc2ccc3cc4c(c5ccc(c1)c2c35)-c1ccc(-c2ccc3c(c2)C2(c5ccccc5-c5ccccc52)c2cc(-n5c6ccccc6c6ccccc65)ccc2-3)cc1C4(C)C. The molecule has 0 saturated heterocycles. The molecular formula is C66H47N. The Kier molecular flexibility index (Phi) is 7.03. The van der Waals surface area contributed by atoms with Crippen LogP contribution in [0.3, 0.4) is 0 Å². The lowest BCUT2D eigenvalue weighted by Gasteiger charge is -2.31. The molecule has 0 bridgehead atoms. The fraction of sp³-hybridized carbons (Fsp3) is 0.121. The molecule has 3 aliphatic carbocycles. The first-order chi connectivity index (χ1) is 32.6. The first-order valence-corrected chi connectivity index (χ1v) is 24.0. The average Bonchev–Trinajstić information content (AvgIpc) is 4.02. The Hall–Kier alpha value is -7.74. The van der Waals surface area contributed by atoms with E-state index in [1.165, 1.54) is 143 Å². The van der Waals surface area contributed by atoms with Gasteiger partial charge in [-0.25, -0.2) is 0 Å². The first kappa shape index (κ1) is 37.5. The van der Waals surface area contributed by atoms with Crippen molar-refractivity contribution in [2.24, 2.45) is 0 Å². The Morgan fingerprint density at radius 2 is 0.881 bits per heavy atom. The van der Waals surface area contributed by atoms with Crippen LogP contribution in [0.25, 0.3) is 104 Å². The van der Waals surface area contributed by atoms with Crippen LogP contribution in [0.2, 0.25) is 0 Å². The first-order valence-electron chi connectivity index (χ1n) is 24.0. The summed E-state index contributed by atoms with van der Waals surface area (Å²) in [5, 5.41) is 10.7. The van der Waals surface area contributed by atoms with E-state index in [1.54, 1.807) is 0 Å².